The lowest BCUT2D eigenvalue weighted by Crippen LogP contribution is -2.41. The fourth-order valence-corrected chi connectivity index (χ4v) is 5.02. The van der Waals surface area contributed by atoms with Crippen molar-refractivity contribution in [2.75, 3.05) is 14.2 Å². The number of methoxy groups -OCH3 is 2. The molecule has 2 nitrogen and oxygen atoms in total. The highest BCUT2D eigenvalue weighted by Gasteiger charge is 2.36. The topological polar surface area (TPSA) is 18.5 Å². The number of rotatable bonds is 20. The minimum absolute atomic E-state index is 0.160. The smallest absolute Gasteiger partial charge is 0.200 e. The van der Waals surface area contributed by atoms with Crippen LogP contribution in [0.25, 0.3) is 0 Å². The summed E-state index contributed by atoms with van der Waals surface area (Å²) in [5, 5.41) is 0. The van der Waals surface area contributed by atoms with Gasteiger partial charge in [0.1, 0.15) is 0 Å². The van der Waals surface area contributed by atoms with E-state index in [4.69, 9.17) is 9.47 Å². The molecule has 0 aliphatic heterocycles. The van der Waals surface area contributed by atoms with Crippen molar-refractivity contribution in [2.24, 2.45) is 5.92 Å². The summed E-state index contributed by atoms with van der Waals surface area (Å²) in [6.45, 7) is 4.31. The lowest BCUT2D eigenvalue weighted by Gasteiger charge is -2.38. The zero-order valence-electron chi connectivity index (χ0n) is 22.1. The second kappa shape index (κ2) is 17.3. The Balaban J connectivity index is 2.41. The summed E-state index contributed by atoms with van der Waals surface area (Å²) in [4.78, 5) is 0. The Hall–Kier alpha value is -1.21. The van der Waals surface area contributed by atoms with E-state index in [1.165, 1.54) is 38.5 Å². The van der Waals surface area contributed by atoms with Crippen LogP contribution in [0.2, 0.25) is 0 Å². The lowest BCUT2D eigenvalue weighted by molar-refractivity contribution is -0.244. The Kier molecular flexibility index (Phi) is 15.7. The molecule has 0 saturated carbocycles. The Labute approximate surface area is 209 Å². The molecule has 0 spiro atoms. The third kappa shape index (κ3) is 9.64. The molecule has 0 aliphatic carbocycles. The summed E-state index contributed by atoms with van der Waals surface area (Å²) in [5.74, 6) is -9.51. The molecule has 1 rings (SSSR count). The van der Waals surface area contributed by atoms with Crippen LogP contribution in [0.3, 0.4) is 0 Å². The first-order valence-electron chi connectivity index (χ1n) is 13.4. The molecule has 0 amide bonds. The first-order valence-corrected chi connectivity index (χ1v) is 13.4. The lowest BCUT2D eigenvalue weighted by atomic mass is 9.85. The number of halogens is 5. The van der Waals surface area contributed by atoms with Crippen molar-refractivity contribution in [1.29, 1.82) is 0 Å². The quantitative estimate of drug-likeness (QED) is 0.0574. The zero-order valence-corrected chi connectivity index (χ0v) is 22.1. The predicted molar refractivity (Wildman–Crippen MR) is 131 cm³/mol. The molecule has 0 bridgehead atoms. The molecule has 1 aromatic rings. The maximum atomic E-state index is 13.8. The third-order valence-electron chi connectivity index (χ3n) is 7.24. The van der Waals surface area contributed by atoms with Gasteiger partial charge in [0.05, 0.1) is 0 Å². The SMILES string of the molecule is CCCCCCCCC(CCCCCCCCc1c(F)c(F)c(F)c(F)c1F)C(CC)(OC)OC. The van der Waals surface area contributed by atoms with Crippen molar-refractivity contribution < 1.29 is 31.4 Å². The number of hydrogen-bond acceptors (Lipinski definition) is 2. The van der Waals surface area contributed by atoms with E-state index in [0.717, 1.165) is 44.9 Å². The highest BCUT2D eigenvalue weighted by Crippen LogP contribution is 2.35. The standard InChI is InChI=1S/C28H45F5O2/c1-5-7-8-9-12-15-18-21(28(6-2,34-3)35-4)19-16-13-10-11-14-17-20-22-23(29)25(31)27(33)26(32)24(22)30/h21H,5-20H2,1-4H3. The second-order valence-electron chi connectivity index (χ2n) is 9.54. The highest BCUT2D eigenvalue weighted by atomic mass is 19.2. The molecule has 7 heteroatoms. The van der Waals surface area contributed by atoms with Crippen LogP contribution in [0.4, 0.5) is 22.0 Å². The van der Waals surface area contributed by atoms with E-state index in [2.05, 4.69) is 13.8 Å². The van der Waals surface area contributed by atoms with Gasteiger partial charge in [-0.15, -0.1) is 0 Å². The molecule has 0 N–H and O–H groups in total. The maximum Gasteiger partial charge on any atom is 0.200 e. The van der Waals surface area contributed by atoms with E-state index in [9.17, 15) is 22.0 Å². The molecule has 1 atom stereocenters. The second-order valence-corrected chi connectivity index (χ2v) is 9.54. The summed E-state index contributed by atoms with van der Waals surface area (Å²) in [6, 6.07) is 0. The number of benzene rings is 1. The van der Waals surface area contributed by atoms with Crippen LogP contribution in [-0.2, 0) is 15.9 Å². The third-order valence-corrected chi connectivity index (χ3v) is 7.24. The van der Waals surface area contributed by atoms with Gasteiger partial charge in [0, 0.05) is 25.7 Å². The minimum atomic E-state index is -2.10. The molecule has 0 heterocycles. The average molecular weight is 509 g/mol. The zero-order chi connectivity index (χ0) is 26.3. The van der Waals surface area contributed by atoms with Crippen LogP contribution in [0.1, 0.15) is 116 Å². The summed E-state index contributed by atoms with van der Waals surface area (Å²) >= 11 is 0. The van der Waals surface area contributed by atoms with Crippen molar-refractivity contribution in [3.05, 3.63) is 34.6 Å². The number of ether oxygens (including phenoxy) is 2. The average Bonchev–Trinajstić information content (AvgIpc) is 2.87. The number of hydrogen-bond donors (Lipinski definition) is 0. The Morgan fingerprint density at radius 2 is 0.971 bits per heavy atom. The van der Waals surface area contributed by atoms with Crippen molar-refractivity contribution >= 4 is 0 Å². The Morgan fingerprint density at radius 1 is 0.571 bits per heavy atom. The van der Waals surface area contributed by atoms with E-state index in [-0.39, 0.29) is 6.42 Å². The van der Waals surface area contributed by atoms with Crippen LogP contribution >= 0.6 is 0 Å². The van der Waals surface area contributed by atoms with Crippen LogP contribution in [0, 0.1) is 35.0 Å². The summed E-state index contributed by atoms with van der Waals surface area (Å²) in [7, 11) is 3.43. The van der Waals surface area contributed by atoms with Crippen molar-refractivity contribution in [3.8, 4) is 0 Å². The van der Waals surface area contributed by atoms with Gasteiger partial charge < -0.3 is 9.47 Å². The van der Waals surface area contributed by atoms with Gasteiger partial charge in [-0.1, -0.05) is 84.5 Å². The van der Waals surface area contributed by atoms with E-state index >= 15 is 0 Å². The van der Waals surface area contributed by atoms with Crippen LogP contribution in [-0.4, -0.2) is 20.0 Å². The Bertz CT molecular complexity index is 685. The molecule has 0 aromatic heterocycles. The van der Waals surface area contributed by atoms with Crippen LogP contribution in [0.5, 0.6) is 0 Å². The minimum Gasteiger partial charge on any atom is -0.353 e. The van der Waals surface area contributed by atoms with Crippen molar-refractivity contribution in [3.63, 3.8) is 0 Å². The summed E-state index contributed by atoms with van der Waals surface area (Å²) in [5.41, 5.74) is -0.714. The molecule has 0 saturated heterocycles. The van der Waals surface area contributed by atoms with E-state index in [1.54, 1.807) is 14.2 Å². The molecular formula is C28H45F5O2. The fourth-order valence-electron chi connectivity index (χ4n) is 5.02. The molecule has 35 heavy (non-hydrogen) atoms. The van der Waals surface area contributed by atoms with Gasteiger partial charge in [-0.3, -0.25) is 0 Å². The van der Waals surface area contributed by atoms with Crippen molar-refractivity contribution in [1.82, 2.24) is 0 Å². The van der Waals surface area contributed by atoms with Gasteiger partial charge in [0.15, 0.2) is 29.1 Å². The summed E-state index contributed by atoms with van der Waals surface area (Å²) in [6.07, 6.45) is 15.1. The van der Waals surface area contributed by atoms with Gasteiger partial charge in [-0.05, 0) is 32.1 Å². The van der Waals surface area contributed by atoms with E-state index in [1.807, 2.05) is 0 Å². The largest absolute Gasteiger partial charge is 0.353 e. The van der Waals surface area contributed by atoms with Gasteiger partial charge >= 0.3 is 0 Å². The predicted octanol–water partition coefficient (Wildman–Crippen LogP) is 9.42. The van der Waals surface area contributed by atoms with Crippen LogP contribution in [0.15, 0.2) is 0 Å². The molecule has 204 valence electrons. The van der Waals surface area contributed by atoms with Gasteiger partial charge in [-0.25, -0.2) is 22.0 Å². The van der Waals surface area contributed by atoms with Crippen LogP contribution < -0.4 is 0 Å². The summed E-state index contributed by atoms with van der Waals surface area (Å²) < 4.78 is 79.0. The molecule has 0 fully saturated rings. The monoisotopic (exact) mass is 508 g/mol. The number of unbranched alkanes of at least 4 members (excludes halogenated alkanes) is 10. The highest BCUT2D eigenvalue weighted by molar-refractivity contribution is 5.24. The first kappa shape index (κ1) is 31.8. The first-order chi connectivity index (χ1) is 16.8. The van der Waals surface area contributed by atoms with Crippen molar-refractivity contribution in [2.45, 2.75) is 122 Å². The molecule has 1 aromatic carbocycles. The normalized spacial score (nSPS) is 12.9. The van der Waals surface area contributed by atoms with Gasteiger partial charge in [-0.2, -0.15) is 0 Å². The maximum absolute atomic E-state index is 13.8. The fraction of sp³-hybridized carbons (Fsp3) is 0.786. The molecular weight excluding hydrogens is 463 g/mol. The van der Waals surface area contributed by atoms with Gasteiger partial charge in [0.25, 0.3) is 0 Å². The van der Waals surface area contributed by atoms with Gasteiger partial charge in [0.2, 0.25) is 5.82 Å². The molecule has 0 radical (unpaired) electrons. The van der Waals surface area contributed by atoms with E-state index in [0.29, 0.717) is 18.8 Å². The molecule has 0 aliphatic rings. The Morgan fingerprint density at radius 3 is 1.40 bits per heavy atom. The van der Waals surface area contributed by atoms with E-state index < -0.39 is 40.4 Å². The molecule has 1 unspecified atom stereocenters.